The average molecular weight is 391 g/mol. The monoisotopic (exact) mass is 391 g/mol. The topological polar surface area (TPSA) is 76.6 Å². The molecule has 4 rings (SSSR count). The number of aromatic nitrogens is 2. The van der Waals surface area contributed by atoms with Gasteiger partial charge in [0.2, 0.25) is 11.5 Å². The van der Waals surface area contributed by atoms with Gasteiger partial charge in [0.25, 0.3) is 11.5 Å². The summed E-state index contributed by atoms with van der Waals surface area (Å²) in [7, 11) is 0. The largest absolute Gasteiger partial charge is 0.433 e. The summed E-state index contributed by atoms with van der Waals surface area (Å²) >= 11 is 0. The van der Waals surface area contributed by atoms with E-state index in [0.29, 0.717) is 24.2 Å². The average Bonchev–Trinajstić information content (AvgIpc) is 3.19. The highest BCUT2D eigenvalue weighted by atomic mass is 19.1. The van der Waals surface area contributed by atoms with Crippen molar-refractivity contribution in [2.24, 2.45) is 0 Å². The molecule has 3 heterocycles. The molecule has 4 aromatic rings. The smallest absolute Gasteiger partial charge is 0.288 e. The van der Waals surface area contributed by atoms with Crippen molar-refractivity contribution in [3.63, 3.8) is 0 Å². The van der Waals surface area contributed by atoms with Gasteiger partial charge in [0.05, 0.1) is 6.20 Å². The minimum Gasteiger partial charge on any atom is -0.433 e. The van der Waals surface area contributed by atoms with Crippen LogP contribution in [0.15, 0.2) is 70.3 Å². The number of fused-ring (bicyclic) bond motifs is 1. The third-order valence-corrected chi connectivity index (χ3v) is 4.63. The highest BCUT2D eigenvalue weighted by molar-refractivity contribution is 5.91. The van der Waals surface area contributed by atoms with Gasteiger partial charge in [0.1, 0.15) is 5.82 Å². The van der Waals surface area contributed by atoms with Crippen LogP contribution in [0, 0.1) is 12.7 Å². The van der Waals surface area contributed by atoms with Gasteiger partial charge < -0.3 is 9.73 Å². The zero-order valence-corrected chi connectivity index (χ0v) is 15.7. The Morgan fingerprint density at radius 3 is 2.59 bits per heavy atom. The van der Waals surface area contributed by atoms with Crippen LogP contribution >= 0.6 is 0 Å². The number of pyridine rings is 2. The van der Waals surface area contributed by atoms with E-state index in [2.05, 4.69) is 10.3 Å². The van der Waals surface area contributed by atoms with Crippen molar-refractivity contribution < 1.29 is 13.6 Å². The minimum atomic E-state index is -0.413. The molecule has 0 fully saturated rings. The summed E-state index contributed by atoms with van der Waals surface area (Å²) in [5.41, 5.74) is 3.05. The van der Waals surface area contributed by atoms with Crippen molar-refractivity contribution >= 4 is 11.6 Å². The van der Waals surface area contributed by atoms with E-state index < -0.39 is 5.91 Å². The molecule has 0 atom stereocenters. The van der Waals surface area contributed by atoms with Crippen LogP contribution in [0.1, 0.15) is 32.8 Å². The molecule has 0 saturated heterocycles. The van der Waals surface area contributed by atoms with Gasteiger partial charge in [-0.15, -0.1) is 0 Å². The summed E-state index contributed by atoms with van der Waals surface area (Å²) < 4.78 is 20.1. The second kappa shape index (κ2) is 7.71. The highest BCUT2D eigenvalue weighted by Gasteiger charge is 2.17. The van der Waals surface area contributed by atoms with Gasteiger partial charge in [-0.3, -0.25) is 14.6 Å². The van der Waals surface area contributed by atoms with E-state index in [0.717, 1.165) is 16.7 Å². The summed E-state index contributed by atoms with van der Waals surface area (Å²) in [5.74, 6) is -0.683. The van der Waals surface area contributed by atoms with Crippen LogP contribution < -0.4 is 10.9 Å². The number of hydrogen-bond donors (Lipinski definition) is 1. The number of oxazole rings is 1. The van der Waals surface area contributed by atoms with Gasteiger partial charge >= 0.3 is 0 Å². The molecule has 1 aromatic carbocycles. The summed E-state index contributed by atoms with van der Waals surface area (Å²) in [4.78, 5) is 29.2. The van der Waals surface area contributed by atoms with E-state index in [4.69, 9.17) is 4.42 Å². The molecular weight excluding hydrogens is 373 g/mol. The molecule has 0 unspecified atom stereocenters. The number of carbonyl (C=O) groups excluding carboxylic acids is 1. The predicted octanol–water partition coefficient (Wildman–Crippen LogP) is 3.26. The molecule has 0 aliphatic carbocycles. The molecule has 0 aliphatic rings. The second-order valence-electron chi connectivity index (χ2n) is 6.77. The van der Waals surface area contributed by atoms with Gasteiger partial charge in [-0.25, -0.2) is 8.79 Å². The van der Waals surface area contributed by atoms with Crippen molar-refractivity contribution in [2.75, 3.05) is 0 Å². The Hall–Kier alpha value is -3.74. The molecule has 6 nitrogen and oxygen atoms in total. The fourth-order valence-electron chi connectivity index (χ4n) is 3.14. The molecule has 0 aliphatic heterocycles. The predicted molar refractivity (Wildman–Crippen MR) is 105 cm³/mol. The Morgan fingerprint density at radius 2 is 1.86 bits per heavy atom. The quantitative estimate of drug-likeness (QED) is 0.567. The third-order valence-electron chi connectivity index (χ3n) is 4.63. The normalized spacial score (nSPS) is 11.0. The Morgan fingerprint density at radius 1 is 1.14 bits per heavy atom. The maximum absolute atomic E-state index is 13.1. The maximum Gasteiger partial charge on any atom is 0.288 e. The van der Waals surface area contributed by atoms with E-state index in [1.807, 2.05) is 6.92 Å². The van der Waals surface area contributed by atoms with Gasteiger partial charge in [0, 0.05) is 36.5 Å². The molecular formula is C22H18FN3O3. The van der Waals surface area contributed by atoms with Crippen molar-refractivity contribution in [1.29, 1.82) is 0 Å². The van der Waals surface area contributed by atoms with Crippen molar-refractivity contribution in [3.05, 3.63) is 105 Å². The Kier molecular flexibility index (Phi) is 4.95. The number of amides is 1. The molecule has 1 amide bonds. The molecule has 0 spiro atoms. The first-order chi connectivity index (χ1) is 14.0. The second-order valence-corrected chi connectivity index (χ2v) is 6.77. The molecule has 0 radical (unpaired) electrons. The van der Waals surface area contributed by atoms with Crippen LogP contribution in [0.2, 0.25) is 0 Å². The van der Waals surface area contributed by atoms with Crippen LogP contribution in [-0.4, -0.2) is 15.3 Å². The van der Waals surface area contributed by atoms with E-state index >= 15 is 0 Å². The molecule has 0 bridgehead atoms. The summed E-state index contributed by atoms with van der Waals surface area (Å²) in [6, 6.07) is 11.4. The number of rotatable bonds is 5. The van der Waals surface area contributed by atoms with Crippen LogP contribution in [0.5, 0.6) is 0 Å². The fourth-order valence-corrected chi connectivity index (χ4v) is 3.14. The number of halogens is 1. The Balaban J connectivity index is 1.60. The van der Waals surface area contributed by atoms with E-state index in [9.17, 15) is 14.0 Å². The van der Waals surface area contributed by atoms with E-state index in [-0.39, 0.29) is 17.1 Å². The molecule has 146 valence electrons. The van der Waals surface area contributed by atoms with Gasteiger partial charge in [-0.1, -0.05) is 12.1 Å². The number of nitrogens with zero attached hydrogens (tertiary/aromatic N) is 2. The zero-order valence-electron chi connectivity index (χ0n) is 15.7. The fraction of sp³-hybridized carbons (Fsp3) is 0.136. The summed E-state index contributed by atoms with van der Waals surface area (Å²) in [6.45, 7) is 2.13. The summed E-state index contributed by atoms with van der Waals surface area (Å²) in [6.07, 6.45) is 5.06. The lowest BCUT2D eigenvalue weighted by molar-refractivity contribution is 0.0925. The summed E-state index contributed by atoms with van der Waals surface area (Å²) in [5, 5.41) is 2.76. The molecule has 0 saturated carbocycles. The molecule has 3 aromatic heterocycles. The van der Waals surface area contributed by atoms with Crippen LogP contribution in [0.3, 0.4) is 0 Å². The first kappa shape index (κ1) is 18.6. The lowest BCUT2D eigenvalue weighted by atomic mass is 10.1. The first-order valence-electron chi connectivity index (χ1n) is 9.07. The number of nitrogens with one attached hydrogen (secondary N) is 1. The standard InChI is InChI=1S/C22H18FN3O3/c1-14-10-17(11-15-2-4-18(23)5-3-15)21(28)26-13-19(29-22(14)26)20(27)25-12-16-6-8-24-9-7-16/h2-10,13H,11-12H2,1H3,(H,25,27). The molecule has 1 N–H and O–H groups in total. The molecule has 29 heavy (non-hydrogen) atoms. The number of benzene rings is 1. The van der Waals surface area contributed by atoms with Crippen molar-refractivity contribution in [3.8, 4) is 0 Å². The van der Waals surface area contributed by atoms with Gasteiger partial charge in [-0.05, 0) is 48.4 Å². The van der Waals surface area contributed by atoms with Crippen molar-refractivity contribution in [1.82, 2.24) is 14.7 Å². The maximum atomic E-state index is 13.1. The number of hydrogen-bond acceptors (Lipinski definition) is 4. The Bertz CT molecular complexity index is 1230. The zero-order chi connectivity index (χ0) is 20.4. The number of carbonyl (C=O) groups is 1. The van der Waals surface area contributed by atoms with E-state index in [1.165, 1.54) is 22.7 Å². The highest BCUT2D eigenvalue weighted by Crippen LogP contribution is 2.16. The first-order valence-corrected chi connectivity index (χ1v) is 9.07. The van der Waals surface area contributed by atoms with E-state index in [1.54, 1.807) is 42.7 Å². The van der Waals surface area contributed by atoms with Gasteiger partial charge in [0.15, 0.2) is 0 Å². The third kappa shape index (κ3) is 3.94. The Labute approximate surface area is 165 Å². The SMILES string of the molecule is Cc1cc(Cc2ccc(F)cc2)c(=O)n2cc(C(=O)NCc3ccncc3)oc12. The van der Waals surface area contributed by atoms with Crippen LogP contribution in [-0.2, 0) is 13.0 Å². The van der Waals surface area contributed by atoms with Crippen LogP contribution in [0.4, 0.5) is 4.39 Å². The minimum absolute atomic E-state index is 0.0539. The lowest BCUT2D eigenvalue weighted by Crippen LogP contribution is -2.22. The van der Waals surface area contributed by atoms with Crippen molar-refractivity contribution in [2.45, 2.75) is 19.9 Å². The lowest BCUT2D eigenvalue weighted by Gasteiger charge is -2.04. The molecule has 7 heteroatoms. The van der Waals surface area contributed by atoms with Crippen LogP contribution in [0.25, 0.3) is 5.71 Å². The van der Waals surface area contributed by atoms with Gasteiger partial charge in [-0.2, -0.15) is 0 Å². The number of aryl methyl sites for hydroxylation is 1.